The van der Waals surface area contributed by atoms with Gasteiger partial charge in [0, 0.05) is 6.04 Å². The number of hydrogen-bond acceptors (Lipinski definition) is 3. The largest absolute Gasteiger partial charge is 0.496 e. The van der Waals surface area contributed by atoms with Crippen LogP contribution in [0.3, 0.4) is 0 Å². The van der Waals surface area contributed by atoms with Gasteiger partial charge in [-0.25, -0.2) is 4.39 Å². The van der Waals surface area contributed by atoms with Gasteiger partial charge in [-0.1, -0.05) is 30.7 Å². The van der Waals surface area contributed by atoms with Crippen molar-refractivity contribution in [2.24, 2.45) is 0 Å². The fourth-order valence-electron chi connectivity index (χ4n) is 2.23. The van der Waals surface area contributed by atoms with Crippen molar-refractivity contribution in [1.29, 1.82) is 0 Å². The fraction of sp³-hybridized carbons (Fsp3) is 0.375. The van der Waals surface area contributed by atoms with Crippen molar-refractivity contribution in [3.63, 3.8) is 0 Å². The zero-order chi connectivity index (χ0) is 15.2. The van der Waals surface area contributed by atoms with Gasteiger partial charge in [0.1, 0.15) is 11.6 Å². The van der Waals surface area contributed by atoms with Crippen molar-refractivity contribution in [2.45, 2.75) is 25.8 Å². The topological polar surface area (TPSA) is 21.3 Å². The molecule has 1 heterocycles. The maximum atomic E-state index is 13.6. The number of thiophene rings is 1. The van der Waals surface area contributed by atoms with Crippen LogP contribution in [0.15, 0.2) is 29.6 Å². The molecular weight excluding hydrogens is 309 g/mol. The molecule has 1 aromatic carbocycles. The molecule has 0 aliphatic heterocycles. The highest BCUT2D eigenvalue weighted by molar-refractivity contribution is 7.10. The summed E-state index contributed by atoms with van der Waals surface area (Å²) < 4.78 is 19.0. The quantitative estimate of drug-likeness (QED) is 0.786. The van der Waals surface area contributed by atoms with Crippen molar-refractivity contribution >= 4 is 22.9 Å². The number of nitrogens with one attached hydrogen (secondary N) is 1. The Kier molecular flexibility index (Phi) is 6.03. The summed E-state index contributed by atoms with van der Waals surface area (Å²) in [7, 11) is 1.66. The molecule has 5 heteroatoms. The molecule has 1 unspecified atom stereocenters. The van der Waals surface area contributed by atoms with Crippen molar-refractivity contribution in [3.05, 3.63) is 50.9 Å². The van der Waals surface area contributed by atoms with Crippen LogP contribution < -0.4 is 10.1 Å². The number of benzene rings is 1. The van der Waals surface area contributed by atoms with Gasteiger partial charge in [-0.2, -0.15) is 0 Å². The molecule has 0 radical (unpaired) electrons. The Morgan fingerprint density at radius 3 is 2.90 bits per heavy atom. The number of rotatable bonds is 7. The van der Waals surface area contributed by atoms with Gasteiger partial charge in [0.15, 0.2) is 0 Å². The van der Waals surface area contributed by atoms with E-state index in [0.717, 1.165) is 29.2 Å². The van der Waals surface area contributed by atoms with Crippen LogP contribution in [-0.2, 0) is 6.42 Å². The summed E-state index contributed by atoms with van der Waals surface area (Å²) in [5, 5.41) is 5.70. The van der Waals surface area contributed by atoms with Crippen LogP contribution in [0.4, 0.5) is 4.39 Å². The Morgan fingerprint density at radius 2 is 2.19 bits per heavy atom. The molecule has 2 nitrogen and oxygen atoms in total. The highest BCUT2D eigenvalue weighted by Crippen LogP contribution is 2.34. The van der Waals surface area contributed by atoms with E-state index in [2.05, 4.69) is 12.2 Å². The first-order valence-corrected chi connectivity index (χ1v) is 8.20. The predicted molar refractivity (Wildman–Crippen MR) is 87.0 cm³/mol. The Bertz CT molecular complexity index is 587. The lowest BCUT2D eigenvalue weighted by molar-refractivity contribution is 0.402. The zero-order valence-electron chi connectivity index (χ0n) is 12.2. The van der Waals surface area contributed by atoms with E-state index in [9.17, 15) is 4.39 Å². The molecule has 0 saturated carbocycles. The standard InChI is InChI=1S/C16H19ClFNOS/c1-3-8-19-13(16-14(20-2)7-9-21-16)10-11-5-4-6-12(18)15(11)17/h4-7,9,13,19H,3,8,10H2,1-2H3. The molecule has 0 spiro atoms. The van der Waals surface area contributed by atoms with Crippen LogP contribution >= 0.6 is 22.9 Å². The summed E-state index contributed by atoms with van der Waals surface area (Å²) in [5.74, 6) is 0.489. The normalized spacial score (nSPS) is 12.4. The van der Waals surface area contributed by atoms with Gasteiger partial charge in [0.05, 0.1) is 17.0 Å². The molecular formula is C16H19ClFNOS. The van der Waals surface area contributed by atoms with E-state index < -0.39 is 0 Å². The lowest BCUT2D eigenvalue weighted by Crippen LogP contribution is -2.24. The molecule has 21 heavy (non-hydrogen) atoms. The molecule has 0 amide bonds. The Hall–Kier alpha value is -1.10. The SMILES string of the molecule is CCCNC(Cc1cccc(F)c1Cl)c1sccc1OC. The molecule has 1 atom stereocenters. The van der Waals surface area contributed by atoms with E-state index in [1.807, 2.05) is 17.5 Å². The van der Waals surface area contributed by atoms with E-state index in [1.54, 1.807) is 24.5 Å². The minimum absolute atomic E-state index is 0.0687. The second-order valence-electron chi connectivity index (χ2n) is 4.78. The fourth-order valence-corrected chi connectivity index (χ4v) is 3.37. The molecule has 0 aliphatic rings. The Balaban J connectivity index is 2.26. The van der Waals surface area contributed by atoms with Crippen LogP contribution in [0.2, 0.25) is 5.02 Å². The lowest BCUT2D eigenvalue weighted by Gasteiger charge is -2.19. The second-order valence-corrected chi connectivity index (χ2v) is 6.10. The Labute approximate surface area is 133 Å². The molecule has 0 fully saturated rings. The first-order valence-electron chi connectivity index (χ1n) is 6.95. The molecule has 1 N–H and O–H groups in total. The van der Waals surface area contributed by atoms with Crippen molar-refractivity contribution in [3.8, 4) is 5.75 Å². The van der Waals surface area contributed by atoms with Gasteiger partial charge < -0.3 is 10.1 Å². The van der Waals surface area contributed by atoms with Gasteiger partial charge in [0.2, 0.25) is 0 Å². The summed E-state index contributed by atoms with van der Waals surface area (Å²) in [6, 6.07) is 6.96. The van der Waals surface area contributed by atoms with E-state index in [1.165, 1.54) is 6.07 Å². The molecule has 1 aromatic heterocycles. The third kappa shape index (κ3) is 3.96. The van der Waals surface area contributed by atoms with Crippen LogP contribution in [0.25, 0.3) is 0 Å². The minimum atomic E-state index is -0.374. The highest BCUT2D eigenvalue weighted by atomic mass is 35.5. The zero-order valence-corrected chi connectivity index (χ0v) is 13.7. The first-order chi connectivity index (χ1) is 10.2. The minimum Gasteiger partial charge on any atom is -0.496 e. The lowest BCUT2D eigenvalue weighted by atomic mass is 10.0. The molecule has 0 saturated heterocycles. The smallest absolute Gasteiger partial charge is 0.142 e. The van der Waals surface area contributed by atoms with E-state index in [0.29, 0.717) is 6.42 Å². The van der Waals surface area contributed by atoms with E-state index >= 15 is 0 Å². The summed E-state index contributed by atoms with van der Waals surface area (Å²) >= 11 is 7.71. The average molecular weight is 328 g/mol. The molecule has 114 valence electrons. The second kappa shape index (κ2) is 7.78. The van der Waals surface area contributed by atoms with Gasteiger partial charge in [0.25, 0.3) is 0 Å². The Morgan fingerprint density at radius 1 is 1.38 bits per heavy atom. The van der Waals surface area contributed by atoms with Gasteiger partial charge >= 0.3 is 0 Å². The van der Waals surface area contributed by atoms with Crippen LogP contribution in [0.1, 0.15) is 29.8 Å². The summed E-state index contributed by atoms with van der Waals surface area (Å²) in [4.78, 5) is 1.12. The van der Waals surface area contributed by atoms with Gasteiger partial charge in [-0.05, 0) is 42.5 Å². The molecule has 0 aliphatic carbocycles. The van der Waals surface area contributed by atoms with Gasteiger partial charge in [-0.3, -0.25) is 0 Å². The highest BCUT2D eigenvalue weighted by Gasteiger charge is 2.19. The number of hydrogen-bond donors (Lipinski definition) is 1. The number of halogens is 2. The summed E-state index contributed by atoms with van der Waals surface area (Å²) in [5.41, 5.74) is 0.806. The molecule has 2 aromatic rings. The molecule has 0 bridgehead atoms. The third-order valence-electron chi connectivity index (χ3n) is 3.29. The molecule has 2 rings (SSSR count). The van der Waals surface area contributed by atoms with Crippen LogP contribution in [0.5, 0.6) is 5.75 Å². The maximum Gasteiger partial charge on any atom is 0.142 e. The van der Waals surface area contributed by atoms with E-state index in [-0.39, 0.29) is 16.9 Å². The monoisotopic (exact) mass is 327 g/mol. The summed E-state index contributed by atoms with van der Waals surface area (Å²) in [6.07, 6.45) is 1.66. The summed E-state index contributed by atoms with van der Waals surface area (Å²) in [6.45, 7) is 3.00. The van der Waals surface area contributed by atoms with Crippen molar-refractivity contribution in [2.75, 3.05) is 13.7 Å². The number of methoxy groups -OCH3 is 1. The first kappa shape index (κ1) is 16.3. The van der Waals surface area contributed by atoms with E-state index in [4.69, 9.17) is 16.3 Å². The average Bonchev–Trinajstić information content (AvgIpc) is 2.96. The van der Waals surface area contributed by atoms with Crippen molar-refractivity contribution in [1.82, 2.24) is 5.32 Å². The van der Waals surface area contributed by atoms with Crippen molar-refractivity contribution < 1.29 is 9.13 Å². The van der Waals surface area contributed by atoms with Crippen LogP contribution in [0, 0.1) is 5.82 Å². The van der Waals surface area contributed by atoms with Gasteiger partial charge in [-0.15, -0.1) is 11.3 Å². The number of ether oxygens (including phenoxy) is 1. The maximum absolute atomic E-state index is 13.6. The predicted octanol–water partition coefficient (Wildman–Crippen LogP) is 4.83. The third-order valence-corrected chi connectivity index (χ3v) is 4.73. The van der Waals surface area contributed by atoms with Crippen LogP contribution in [-0.4, -0.2) is 13.7 Å².